The normalized spacial score (nSPS) is 14.3. The SMILES string of the molecule is CNc1ccc2c(cc1=O)[C@@H](NC(=O)OCCCl)CCc1cc(OC)c(OC)c(OC)c1-2. The Kier molecular flexibility index (Phi) is 7.69. The topological polar surface area (TPSA) is 95.1 Å². The number of carbonyl (C=O) groups is 1. The molecule has 0 saturated carbocycles. The van der Waals surface area contributed by atoms with E-state index in [1.54, 1.807) is 40.5 Å². The largest absolute Gasteiger partial charge is 0.493 e. The number of rotatable bonds is 7. The van der Waals surface area contributed by atoms with Crippen molar-refractivity contribution in [2.75, 3.05) is 46.2 Å². The molecule has 0 radical (unpaired) electrons. The highest BCUT2D eigenvalue weighted by molar-refractivity contribution is 6.18. The third-order valence-corrected chi connectivity index (χ3v) is 5.56. The molecule has 172 valence electrons. The third kappa shape index (κ3) is 4.55. The van der Waals surface area contributed by atoms with Gasteiger partial charge in [0.1, 0.15) is 6.61 Å². The van der Waals surface area contributed by atoms with Crippen LogP contribution in [0.4, 0.5) is 10.5 Å². The highest BCUT2D eigenvalue weighted by Gasteiger charge is 2.30. The molecule has 0 unspecified atom stereocenters. The number of anilines is 1. The standard InChI is InChI=1S/C23H27ClN2O6/c1-25-17-8-6-14-15(12-18(17)27)16(26-23(28)32-10-9-24)7-5-13-11-19(29-2)21(30-3)22(31-4)20(13)14/h6,8,11-12,16H,5,7,9-10H2,1-4H3,(H,25,27)(H,26,28)/t16-/m0/s1. The van der Waals surface area contributed by atoms with Crippen LogP contribution in [0.25, 0.3) is 11.1 Å². The van der Waals surface area contributed by atoms with Crippen molar-refractivity contribution in [1.82, 2.24) is 5.32 Å². The number of methoxy groups -OCH3 is 3. The highest BCUT2D eigenvalue weighted by atomic mass is 35.5. The van der Waals surface area contributed by atoms with E-state index in [0.717, 1.165) is 16.7 Å². The van der Waals surface area contributed by atoms with Crippen molar-refractivity contribution in [1.29, 1.82) is 0 Å². The summed E-state index contributed by atoms with van der Waals surface area (Å²) in [6.07, 6.45) is 0.535. The molecule has 0 aliphatic heterocycles. The Bertz CT molecular complexity index is 1060. The van der Waals surface area contributed by atoms with Gasteiger partial charge in [0, 0.05) is 12.6 Å². The van der Waals surface area contributed by atoms with Crippen molar-refractivity contribution in [3.05, 3.63) is 45.6 Å². The van der Waals surface area contributed by atoms with E-state index >= 15 is 0 Å². The van der Waals surface area contributed by atoms with Gasteiger partial charge in [-0.05, 0) is 47.7 Å². The number of hydrogen-bond donors (Lipinski definition) is 2. The van der Waals surface area contributed by atoms with E-state index in [-0.39, 0.29) is 17.9 Å². The van der Waals surface area contributed by atoms with Crippen LogP contribution in [0, 0.1) is 0 Å². The van der Waals surface area contributed by atoms with Gasteiger partial charge >= 0.3 is 6.09 Å². The molecule has 0 bridgehead atoms. The van der Waals surface area contributed by atoms with Crippen LogP contribution in [0.5, 0.6) is 17.2 Å². The van der Waals surface area contributed by atoms with Crippen molar-refractivity contribution in [2.45, 2.75) is 18.9 Å². The van der Waals surface area contributed by atoms with E-state index in [0.29, 0.717) is 41.3 Å². The first-order valence-electron chi connectivity index (χ1n) is 10.2. The van der Waals surface area contributed by atoms with Gasteiger partial charge in [-0.2, -0.15) is 0 Å². The van der Waals surface area contributed by atoms with Crippen LogP contribution in [0.3, 0.4) is 0 Å². The minimum atomic E-state index is -0.595. The summed E-state index contributed by atoms with van der Waals surface area (Å²) in [6, 6.07) is 6.54. The molecule has 9 heteroatoms. The minimum Gasteiger partial charge on any atom is -0.493 e. The lowest BCUT2D eigenvalue weighted by Gasteiger charge is -2.19. The number of alkyl halides is 1. The number of halogens is 1. The van der Waals surface area contributed by atoms with Crippen LogP contribution < -0.4 is 30.3 Å². The maximum atomic E-state index is 12.8. The Hall–Kier alpha value is -3.13. The molecule has 1 aliphatic rings. The van der Waals surface area contributed by atoms with Crippen molar-refractivity contribution >= 4 is 23.4 Å². The summed E-state index contributed by atoms with van der Waals surface area (Å²) in [5, 5.41) is 5.79. The summed E-state index contributed by atoms with van der Waals surface area (Å²) >= 11 is 5.63. The molecule has 8 nitrogen and oxygen atoms in total. The second kappa shape index (κ2) is 10.5. The fourth-order valence-electron chi connectivity index (χ4n) is 3.98. The number of alkyl carbamates (subject to hydrolysis) is 1. The van der Waals surface area contributed by atoms with Gasteiger partial charge in [-0.15, -0.1) is 11.6 Å². The molecule has 2 aromatic rings. The molecular weight excluding hydrogens is 436 g/mol. The monoisotopic (exact) mass is 462 g/mol. The van der Waals surface area contributed by atoms with Crippen LogP contribution >= 0.6 is 11.6 Å². The zero-order chi connectivity index (χ0) is 23.3. The molecule has 0 heterocycles. The Balaban J connectivity index is 2.28. The second-order valence-electron chi connectivity index (χ2n) is 7.11. The lowest BCUT2D eigenvalue weighted by molar-refractivity contribution is 0.148. The van der Waals surface area contributed by atoms with E-state index in [2.05, 4.69) is 10.6 Å². The Morgan fingerprint density at radius 2 is 1.88 bits per heavy atom. The Morgan fingerprint density at radius 3 is 2.50 bits per heavy atom. The van der Waals surface area contributed by atoms with E-state index in [4.69, 9.17) is 30.5 Å². The molecule has 0 fully saturated rings. The molecule has 0 aromatic heterocycles. The van der Waals surface area contributed by atoms with Gasteiger partial charge in [-0.3, -0.25) is 4.79 Å². The van der Waals surface area contributed by atoms with Gasteiger partial charge < -0.3 is 29.6 Å². The molecule has 2 N–H and O–H groups in total. The number of benzene rings is 1. The first kappa shape index (κ1) is 23.5. The third-order valence-electron chi connectivity index (χ3n) is 5.41. The Labute approximate surface area is 191 Å². The van der Waals surface area contributed by atoms with Gasteiger partial charge in [-0.25, -0.2) is 4.79 Å². The fraction of sp³-hybridized carbons (Fsp3) is 0.391. The number of hydrogen-bond acceptors (Lipinski definition) is 7. The predicted octanol–water partition coefficient (Wildman–Crippen LogP) is 3.73. The predicted molar refractivity (Wildman–Crippen MR) is 124 cm³/mol. The summed E-state index contributed by atoms with van der Waals surface area (Å²) in [5.74, 6) is 1.69. The summed E-state index contributed by atoms with van der Waals surface area (Å²) < 4.78 is 22.0. The van der Waals surface area contributed by atoms with Crippen molar-refractivity contribution < 1.29 is 23.7 Å². The van der Waals surface area contributed by atoms with Gasteiger partial charge in [-0.1, -0.05) is 6.07 Å². The number of aryl methyl sites for hydroxylation is 1. The summed E-state index contributed by atoms with van der Waals surface area (Å²) in [7, 11) is 6.35. The van der Waals surface area contributed by atoms with Crippen LogP contribution in [0.1, 0.15) is 23.6 Å². The van der Waals surface area contributed by atoms with E-state index in [1.807, 2.05) is 12.1 Å². The molecular formula is C23H27ClN2O6. The van der Waals surface area contributed by atoms with E-state index in [1.165, 1.54) is 0 Å². The van der Waals surface area contributed by atoms with Crippen LogP contribution in [-0.2, 0) is 11.2 Å². The van der Waals surface area contributed by atoms with Gasteiger partial charge in [0.15, 0.2) is 11.5 Å². The average Bonchev–Trinajstić information content (AvgIpc) is 3.04. The van der Waals surface area contributed by atoms with Crippen LogP contribution in [0.2, 0.25) is 0 Å². The molecule has 0 saturated heterocycles. The summed E-state index contributed by atoms with van der Waals surface area (Å²) in [5.41, 5.74) is 3.38. The molecule has 1 amide bonds. The smallest absolute Gasteiger partial charge is 0.407 e. The zero-order valence-corrected chi connectivity index (χ0v) is 19.3. The number of amides is 1. The van der Waals surface area contributed by atoms with Crippen LogP contribution in [0.15, 0.2) is 29.1 Å². The van der Waals surface area contributed by atoms with Crippen molar-refractivity contribution in [3.8, 4) is 28.4 Å². The number of fused-ring (bicyclic) bond motifs is 3. The number of nitrogens with one attached hydrogen (secondary N) is 2. The maximum absolute atomic E-state index is 12.8. The van der Waals surface area contributed by atoms with E-state index < -0.39 is 12.1 Å². The Morgan fingerprint density at radius 1 is 1.12 bits per heavy atom. The van der Waals surface area contributed by atoms with Crippen molar-refractivity contribution in [2.24, 2.45) is 0 Å². The molecule has 1 aliphatic carbocycles. The average molecular weight is 463 g/mol. The summed E-state index contributed by atoms with van der Waals surface area (Å²) in [4.78, 5) is 25.2. The second-order valence-corrected chi connectivity index (χ2v) is 7.49. The number of ether oxygens (including phenoxy) is 4. The summed E-state index contributed by atoms with van der Waals surface area (Å²) in [6.45, 7) is 0.0920. The molecule has 2 aromatic carbocycles. The van der Waals surface area contributed by atoms with E-state index in [9.17, 15) is 9.59 Å². The number of carbonyl (C=O) groups excluding carboxylic acids is 1. The van der Waals surface area contributed by atoms with Gasteiger partial charge in [0.05, 0.1) is 38.9 Å². The molecule has 32 heavy (non-hydrogen) atoms. The first-order valence-corrected chi connectivity index (χ1v) is 10.7. The maximum Gasteiger partial charge on any atom is 0.407 e. The minimum absolute atomic E-state index is 0.0920. The molecule has 0 spiro atoms. The molecule has 1 atom stereocenters. The van der Waals surface area contributed by atoms with Crippen LogP contribution in [-0.4, -0.2) is 47.0 Å². The first-order chi connectivity index (χ1) is 15.5. The van der Waals surface area contributed by atoms with Gasteiger partial charge in [0.2, 0.25) is 11.2 Å². The highest BCUT2D eigenvalue weighted by Crippen LogP contribution is 2.50. The zero-order valence-electron chi connectivity index (χ0n) is 18.5. The quantitative estimate of drug-likeness (QED) is 0.605. The fourth-order valence-corrected chi connectivity index (χ4v) is 4.06. The van der Waals surface area contributed by atoms with Gasteiger partial charge in [0.25, 0.3) is 0 Å². The van der Waals surface area contributed by atoms with Crippen molar-refractivity contribution in [3.63, 3.8) is 0 Å². The molecule has 3 rings (SSSR count). The lowest BCUT2D eigenvalue weighted by atomic mass is 9.95. The lowest BCUT2D eigenvalue weighted by Crippen LogP contribution is -2.30.